The maximum absolute atomic E-state index is 12.9. The molecule has 1 fully saturated rings. The van der Waals surface area contributed by atoms with Crippen LogP contribution in [0.1, 0.15) is 49.7 Å². The van der Waals surface area contributed by atoms with Crippen LogP contribution in [-0.4, -0.2) is 62.1 Å². The molecule has 2 aromatic rings. The Balaban J connectivity index is 1.43. The van der Waals surface area contributed by atoms with E-state index >= 15 is 0 Å². The molecule has 0 aromatic heterocycles. The lowest BCUT2D eigenvalue weighted by atomic mass is 10.1. The number of rotatable bonds is 14. The van der Waals surface area contributed by atoms with Gasteiger partial charge in [0.05, 0.1) is 7.11 Å². The molecule has 1 heterocycles. The Morgan fingerprint density at radius 2 is 1.71 bits per heavy atom. The predicted molar refractivity (Wildman–Crippen MR) is 146 cm³/mol. The summed E-state index contributed by atoms with van der Waals surface area (Å²) in [5, 5.41) is 8.90. The summed E-state index contributed by atoms with van der Waals surface area (Å²) in [6.45, 7) is 3.47. The molecule has 9 nitrogen and oxygen atoms in total. The molecule has 1 atom stereocenters. The third kappa shape index (κ3) is 10.4. The average molecular weight is 525 g/mol. The van der Waals surface area contributed by atoms with Crippen LogP contribution in [0.2, 0.25) is 0 Å². The van der Waals surface area contributed by atoms with Gasteiger partial charge in [-0.3, -0.25) is 9.59 Å². The summed E-state index contributed by atoms with van der Waals surface area (Å²) in [5.41, 5.74) is 1.97. The molecular weight excluding hydrogens is 484 g/mol. The smallest absolute Gasteiger partial charge is 0.408 e. The summed E-state index contributed by atoms with van der Waals surface area (Å²) in [7, 11) is 1.64. The standard InChI is InChI=1S/C29H40N4O5/c1-37-25-13-8-12-24(20-25)21-30-16-9-17-31-28(35)26(14-15-27(34)33-18-6-3-7-19-33)32-29(36)38-22-23-10-4-2-5-11-23/h2,4-5,8,10-13,20,26,30H,3,6-7,9,14-19,21-22H2,1H3,(H,31,35)(H,32,36)/t26-/m1/s1. The number of nitrogens with one attached hydrogen (secondary N) is 3. The molecule has 1 saturated heterocycles. The van der Waals surface area contributed by atoms with Crippen LogP contribution in [0.5, 0.6) is 5.75 Å². The van der Waals surface area contributed by atoms with Gasteiger partial charge in [-0.15, -0.1) is 0 Å². The van der Waals surface area contributed by atoms with Crippen LogP contribution in [0.4, 0.5) is 4.79 Å². The van der Waals surface area contributed by atoms with Crippen molar-refractivity contribution < 1.29 is 23.9 Å². The first kappa shape index (κ1) is 29.0. The fourth-order valence-electron chi connectivity index (χ4n) is 4.31. The topological polar surface area (TPSA) is 109 Å². The quantitative estimate of drug-likeness (QED) is 0.327. The van der Waals surface area contributed by atoms with Gasteiger partial charge < -0.3 is 30.3 Å². The summed E-state index contributed by atoms with van der Waals surface area (Å²) >= 11 is 0. The number of ether oxygens (including phenoxy) is 2. The van der Waals surface area contributed by atoms with E-state index in [1.807, 2.05) is 59.5 Å². The molecule has 1 aliphatic rings. The number of amides is 3. The number of hydrogen-bond acceptors (Lipinski definition) is 6. The lowest BCUT2D eigenvalue weighted by Gasteiger charge is -2.27. The Kier molecular flexibility index (Phi) is 12.4. The van der Waals surface area contributed by atoms with Crippen LogP contribution in [0.15, 0.2) is 54.6 Å². The van der Waals surface area contributed by atoms with E-state index in [-0.39, 0.29) is 31.3 Å². The Morgan fingerprint density at radius 1 is 0.947 bits per heavy atom. The van der Waals surface area contributed by atoms with E-state index in [1.54, 1.807) is 7.11 Å². The van der Waals surface area contributed by atoms with Crippen molar-refractivity contribution >= 4 is 17.9 Å². The van der Waals surface area contributed by atoms with Crippen LogP contribution in [-0.2, 0) is 27.5 Å². The zero-order valence-electron chi connectivity index (χ0n) is 22.2. The van der Waals surface area contributed by atoms with Crippen molar-refractivity contribution in [2.75, 3.05) is 33.3 Å². The van der Waals surface area contributed by atoms with E-state index < -0.39 is 12.1 Å². The molecule has 0 aliphatic carbocycles. The first-order valence-electron chi connectivity index (χ1n) is 13.4. The molecule has 3 amide bonds. The first-order valence-corrected chi connectivity index (χ1v) is 13.4. The highest BCUT2D eigenvalue weighted by Gasteiger charge is 2.24. The van der Waals surface area contributed by atoms with Crippen LogP contribution in [0.3, 0.4) is 0 Å². The number of nitrogens with zero attached hydrogens (tertiary/aromatic N) is 1. The van der Waals surface area contributed by atoms with Gasteiger partial charge in [-0.25, -0.2) is 4.79 Å². The van der Waals surface area contributed by atoms with Gasteiger partial charge in [-0.05, 0) is 61.9 Å². The van der Waals surface area contributed by atoms with Gasteiger partial charge in [-0.1, -0.05) is 42.5 Å². The number of hydrogen-bond donors (Lipinski definition) is 3. The SMILES string of the molecule is COc1cccc(CNCCCNC(=O)[C@@H](CCC(=O)N2CCCCC2)NC(=O)OCc2ccccc2)c1. The number of carbonyl (C=O) groups is 3. The predicted octanol–water partition coefficient (Wildman–Crippen LogP) is 3.38. The summed E-state index contributed by atoms with van der Waals surface area (Å²) in [5.74, 6) is 0.515. The summed E-state index contributed by atoms with van der Waals surface area (Å²) in [4.78, 5) is 39.9. The van der Waals surface area contributed by atoms with Crippen molar-refractivity contribution in [1.29, 1.82) is 0 Å². The lowest BCUT2D eigenvalue weighted by Crippen LogP contribution is -2.48. The van der Waals surface area contributed by atoms with E-state index in [9.17, 15) is 14.4 Å². The second-order valence-corrected chi connectivity index (χ2v) is 9.41. The van der Waals surface area contributed by atoms with Crippen molar-refractivity contribution in [3.8, 4) is 5.75 Å². The second-order valence-electron chi connectivity index (χ2n) is 9.41. The minimum Gasteiger partial charge on any atom is -0.497 e. The summed E-state index contributed by atoms with van der Waals surface area (Å²) in [6.07, 6.45) is 3.59. The highest BCUT2D eigenvalue weighted by molar-refractivity contribution is 5.86. The lowest BCUT2D eigenvalue weighted by molar-refractivity contribution is -0.132. The minimum absolute atomic E-state index is 0.0173. The van der Waals surface area contributed by atoms with E-state index in [1.165, 1.54) is 0 Å². The normalized spacial score (nSPS) is 13.9. The molecule has 38 heavy (non-hydrogen) atoms. The molecule has 3 N–H and O–H groups in total. The van der Waals surface area contributed by atoms with Gasteiger partial charge in [0.2, 0.25) is 11.8 Å². The van der Waals surface area contributed by atoms with E-state index in [2.05, 4.69) is 16.0 Å². The highest BCUT2D eigenvalue weighted by atomic mass is 16.5. The maximum atomic E-state index is 12.9. The number of methoxy groups -OCH3 is 1. The van der Waals surface area contributed by atoms with Gasteiger partial charge in [-0.2, -0.15) is 0 Å². The number of piperidine rings is 1. The Bertz CT molecular complexity index is 1010. The van der Waals surface area contributed by atoms with Crippen LogP contribution in [0.25, 0.3) is 0 Å². The molecule has 206 valence electrons. The Hall–Kier alpha value is -3.59. The molecule has 0 bridgehead atoms. The Morgan fingerprint density at radius 3 is 2.47 bits per heavy atom. The highest BCUT2D eigenvalue weighted by Crippen LogP contribution is 2.13. The van der Waals surface area contributed by atoms with Crippen molar-refractivity contribution in [3.05, 3.63) is 65.7 Å². The van der Waals surface area contributed by atoms with Crippen LogP contribution >= 0.6 is 0 Å². The number of carbonyl (C=O) groups excluding carboxylic acids is 3. The van der Waals surface area contributed by atoms with Crippen molar-refractivity contribution in [3.63, 3.8) is 0 Å². The maximum Gasteiger partial charge on any atom is 0.408 e. The van der Waals surface area contributed by atoms with E-state index in [0.29, 0.717) is 26.1 Å². The Labute approximate surface area is 225 Å². The average Bonchev–Trinajstić information content (AvgIpc) is 2.96. The molecule has 9 heteroatoms. The van der Waals surface area contributed by atoms with Gasteiger partial charge in [0.15, 0.2) is 0 Å². The molecule has 3 rings (SSSR count). The van der Waals surface area contributed by atoms with Crippen molar-refractivity contribution in [1.82, 2.24) is 20.9 Å². The fraction of sp³-hybridized carbons (Fsp3) is 0.483. The molecule has 0 radical (unpaired) electrons. The monoisotopic (exact) mass is 524 g/mol. The van der Waals surface area contributed by atoms with E-state index in [4.69, 9.17) is 9.47 Å². The molecular formula is C29H40N4O5. The number of benzene rings is 2. The largest absolute Gasteiger partial charge is 0.497 e. The second kappa shape index (κ2) is 16.3. The van der Waals surface area contributed by atoms with Gasteiger partial charge >= 0.3 is 6.09 Å². The van der Waals surface area contributed by atoms with Gasteiger partial charge in [0.25, 0.3) is 0 Å². The summed E-state index contributed by atoms with van der Waals surface area (Å²) < 4.78 is 10.5. The fourth-order valence-corrected chi connectivity index (χ4v) is 4.31. The number of likely N-dealkylation sites (tertiary alicyclic amines) is 1. The molecule has 2 aromatic carbocycles. The van der Waals surface area contributed by atoms with Crippen molar-refractivity contribution in [2.45, 2.75) is 57.7 Å². The van der Waals surface area contributed by atoms with Crippen LogP contribution in [0, 0.1) is 0 Å². The molecule has 0 saturated carbocycles. The zero-order chi connectivity index (χ0) is 27.0. The number of alkyl carbamates (subject to hydrolysis) is 1. The van der Waals surface area contributed by atoms with Crippen molar-refractivity contribution in [2.24, 2.45) is 0 Å². The molecule has 1 aliphatic heterocycles. The van der Waals surface area contributed by atoms with E-state index in [0.717, 1.165) is 49.2 Å². The molecule has 0 spiro atoms. The first-order chi connectivity index (χ1) is 18.5. The zero-order valence-corrected chi connectivity index (χ0v) is 22.2. The molecule has 0 unspecified atom stereocenters. The van der Waals surface area contributed by atoms with Gasteiger partial charge in [0, 0.05) is 32.6 Å². The minimum atomic E-state index is -0.850. The third-order valence-electron chi connectivity index (χ3n) is 6.47. The van der Waals surface area contributed by atoms with Crippen LogP contribution < -0.4 is 20.7 Å². The van der Waals surface area contributed by atoms with Gasteiger partial charge in [0.1, 0.15) is 18.4 Å². The third-order valence-corrected chi connectivity index (χ3v) is 6.47. The summed E-state index contributed by atoms with van der Waals surface area (Å²) in [6, 6.07) is 16.3.